The lowest BCUT2D eigenvalue weighted by Crippen LogP contribution is -1.95. The Bertz CT molecular complexity index is 535. The first kappa shape index (κ1) is 13.3. The van der Waals surface area contributed by atoms with Gasteiger partial charge in [-0.05, 0) is 36.5 Å². The van der Waals surface area contributed by atoms with Crippen molar-refractivity contribution in [2.24, 2.45) is 0 Å². The molecule has 0 aliphatic heterocycles. The van der Waals surface area contributed by atoms with Gasteiger partial charge >= 0.3 is 0 Å². The third-order valence-corrected chi connectivity index (χ3v) is 3.15. The van der Waals surface area contributed by atoms with E-state index in [9.17, 15) is 10.2 Å². The highest BCUT2D eigenvalue weighted by Crippen LogP contribution is 2.38. The second-order valence-corrected chi connectivity index (χ2v) is 4.46. The summed E-state index contributed by atoms with van der Waals surface area (Å²) in [7, 11) is 1.50. The molecule has 0 unspecified atom stereocenters. The van der Waals surface area contributed by atoms with Crippen LogP contribution >= 0.6 is 0 Å². The van der Waals surface area contributed by atoms with Gasteiger partial charge in [-0.25, -0.2) is 0 Å². The van der Waals surface area contributed by atoms with Gasteiger partial charge in [0.2, 0.25) is 5.75 Å². The summed E-state index contributed by atoms with van der Waals surface area (Å²) in [4.78, 5) is 0. The van der Waals surface area contributed by atoms with Gasteiger partial charge in [0, 0.05) is 0 Å². The number of rotatable bonds is 5. The third kappa shape index (κ3) is 3.19. The van der Waals surface area contributed by atoms with Crippen LogP contribution in [-0.2, 0) is 12.8 Å². The molecular weight excluding hydrogens is 240 g/mol. The molecule has 100 valence electrons. The van der Waals surface area contributed by atoms with Crippen molar-refractivity contribution in [2.45, 2.75) is 19.3 Å². The molecule has 2 rings (SSSR count). The van der Waals surface area contributed by atoms with E-state index in [1.54, 1.807) is 6.07 Å². The Hall–Kier alpha value is -2.16. The fourth-order valence-electron chi connectivity index (χ4n) is 2.15. The van der Waals surface area contributed by atoms with Crippen molar-refractivity contribution >= 4 is 0 Å². The molecule has 3 heteroatoms. The first-order valence-corrected chi connectivity index (χ1v) is 6.34. The molecule has 3 nitrogen and oxygen atoms in total. The van der Waals surface area contributed by atoms with Crippen LogP contribution in [0.25, 0.3) is 0 Å². The van der Waals surface area contributed by atoms with E-state index < -0.39 is 0 Å². The molecule has 0 aliphatic rings. The number of methoxy groups -OCH3 is 1. The average Bonchev–Trinajstić information content (AvgIpc) is 2.44. The molecule has 0 saturated carbocycles. The summed E-state index contributed by atoms with van der Waals surface area (Å²) in [6.07, 6.45) is 2.74. The van der Waals surface area contributed by atoms with Crippen molar-refractivity contribution in [1.29, 1.82) is 0 Å². The van der Waals surface area contributed by atoms with Gasteiger partial charge in [-0.2, -0.15) is 0 Å². The zero-order valence-electron chi connectivity index (χ0n) is 11.0. The zero-order valence-corrected chi connectivity index (χ0v) is 11.0. The Balaban J connectivity index is 2.02. The van der Waals surface area contributed by atoms with Crippen LogP contribution in [-0.4, -0.2) is 17.3 Å². The standard InChI is InChI=1S/C16H18O3/c1-19-16-13(10-11-14(17)15(16)18)9-5-8-12-6-3-2-4-7-12/h2-4,6-7,10-11,17-18H,5,8-9H2,1H3. The Labute approximate surface area is 113 Å². The van der Waals surface area contributed by atoms with Gasteiger partial charge in [0.15, 0.2) is 11.5 Å². The lowest BCUT2D eigenvalue weighted by Gasteiger charge is -2.11. The van der Waals surface area contributed by atoms with Crippen LogP contribution in [0, 0.1) is 0 Å². The van der Waals surface area contributed by atoms with E-state index in [4.69, 9.17) is 4.74 Å². The fraction of sp³-hybridized carbons (Fsp3) is 0.250. The molecule has 0 atom stereocenters. The molecule has 0 aliphatic carbocycles. The lowest BCUT2D eigenvalue weighted by atomic mass is 10.0. The molecule has 2 N–H and O–H groups in total. The van der Waals surface area contributed by atoms with E-state index in [1.165, 1.54) is 18.7 Å². The predicted octanol–water partition coefficient (Wildman–Crippen LogP) is 3.28. The number of benzene rings is 2. The van der Waals surface area contributed by atoms with E-state index in [1.807, 2.05) is 18.2 Å². The van der Waals surface area contributed by atoms with Crippen LogP contribution < -0.4 is 4.74 Å². The van der Waals surface area contributed by atoms with Crippen LogP contribution in [0.1, 0.15) is 17.5 Å². The highest BCUT2D eigenvalue weighted by molar-refractivity contribution is 5.54. The summed E-state index contributed by atoms with van der Waals surface area (Å²) >= 11 is 0. The van der Waals surface area contributed by atoms with Gasteiger partial charge in [-0.1, -0.05) is 36.4 Å². The van der Waals surface area contributed by atoms with E-state index in [2.05, 4.69) is 12.1 Å². The van der Waals surface area contributed by atoms with Crippen LogP contribution in [0.2, 0.25) is 0 Å². The minimum absolute atomic E-state index is 0.149. The minimum atomic E-state index is -0.181. The Morgan fingerprint density at radius 1 is 0.947 bits per heavy atom. The van der Waals surface area contributed by atoms with Crippen molar-refractivity contribution in [3.63, 3.8) is 0 Å². The highest BCUT2D eigenvalue weighted by Gasteiger charge is 2.12. The Kier molecular flexibility index (Phi) is 4.29. The summed E-state index contributed by atoms with van der Waals surface area (Å²) in [5.41, 5.74) is 2.21. The normalized spacial score (nSPS) is 10.4. The zero-order chi connectivity index (χ0) is 13.7. The van der Waals surface area contributed by atoms with Gasteiger partial charge in [0.1, 0.15) is 0 Å². The average molecular weight is 258 g/mol. The summed E-state index contributed by atoms with van der Waals surface area (Å²) in [5.74, 6) is 0.0384. The fourth-order valence-corrected chi connectivity index (χ4v) is 2.15. The van der Waals surface area contributed by atoms with Crippen LogP contribution in [0.15, 0.2) is 42.5 Å². The molecule has 0 amide bonds. The van der Waals surface area contributed by atoms with E-state index in [0.29, 0.717) is 5.75 Å². The summed E-state index contributed by atoms with van der Waals surface area (Å²) in [5, 5.41) is 19.1. The summed E-state index contributed by atoms with van der Waals surface area (Å²) in [6, 6.07) is 13.6. The van der Waals surface area contributed by atoms with Gasteiger partial charge in [0.05, 0.1) is 7.11 Å². The van der Waals surface area contributed by atoms with E-state index in [-0.39, 0.29) is 11.5 Å². The van der Waals surface area contributed by atoms with Crippen LogP contribution in [0.5, 0.6) is 17.2 Å². The van der Waals surface area contributed by atoms with Crippen molar-refractivity contribution in [1.82, 2.24) is 0 Å². The van der Waals surface area contributed by atoms with Gasteiger partial charge < -0.3 is 14.9 Å². The van der Waals surface area contributed by atoms with E-state index in [0.717, 1.165) is 24.8 Å². The van der Waals surface area contributed by atoms with Crippen LogP contribution in [0.3, 0.4) is 0 Å². The molecular formula is C16H18O3. The maximum absolute atomic E-state index is 9.72. The molecule has 0 aromatic heterocycles. The van der Waals surface area contributed by atoms with Crippen molar-refractivity contribution in [3.05, 3.63) is 53.6 Å². The number of phenols is 2. The Morgan fingerprint density at radius 3 is 2.37 bits per heavy atom. The molecule has 19 heavy (non-hydrogen) atoms. The number of hydrogen-bond donors (Lipinski definition) is 2. The maximum atomic E-state index is 9.72. The summed E-state index contributed by atoms with van der Waals surface area (Å²) < 4.78 is 5.15. The molecule has 2 aromatic carbocycles. The lowest BCUT2D eigenvalue weighted by molar-refractivity contribution is 0.347. The molecule has 0 heterocycles. The molecule has 0 saturated heterocycles. The topological polar surface area (TPSA) is 49.7 Å². The summed E-state index contributed by atoms with van der Waals surface area (Å²) in [6.45, 7) is 0. The Morgan fingerprint density at radius 2 is 1.68 bits per heavy atom. The first-order valence-electron chi connectivity index (χ1n) is 6.34. The molecule has 0 fully saturated rings. The quantitative estimate of drug-likeness (QED) is 0.809. The minimum Gasteiger partial charge on any atom is -0.504 e. The first-order chi connectivity index (χ1) is 9.22. The predicted molar refractivity (Wildman–Crippen MR) is 74.8 cm³/mol. The van der Waals surface area contributed by atoms with Crippen molar-refractivity contribution in [2.75, 3.05) is 7.11 Å². The number of aryl methyl sites for hydroxylation is 2. The largest absolute Gasteiger partial charge is 0.504 e. The van der Waals surface area contributed by atoms with E-state index >= 15 is 0 Å². The third-order valence-electron chi connectivity index (χ3n) is 3.15. The smallest absolute Gasteiger partial charge is 0.200 e. The number of ether oxygens (including phenoxy) is 1. The second kappa shape index (κ2) is 6.14. The molecule has 0 radical (unpaired) electrons. The monoisotopic (exact) mass is 258 g/mol. The molecule has 2 aromatic rings. The maximum Gasteiger partial charge on any atom is 0.200 e. The SMILES string of the molecule is COc1c(CCCc2ccccc2)ccc(O)c1O. The van der Waals surface area contributed by atoms with Gasteiger partial charge in [0.25, 0.3) is 0 Å². The van der Waals surface area contributed by atoms with Gasteiger partial charge in [-0.15, -0.1) is 0 Å². The van der Waals surface area contributed by atoms with Crippen LogP contribution in [0.4, 0.5) is 0 Å². The number of hydrogen-bond acceptors (Lipinski definition) is 3. The number of aromatic hydroxyl groups is 2. The highest BCUT2D eigenvalue weighted by atomic mass is 16.5. The second-order valence-electron chi connectivity index (χ2n) is 4.46. The molecule has 0 spiro atoms. The van der Waals surface area contributed by atoms with Crippen molar-refractivity contribution in [3.8, 4) is 17.2 Å². The van der Waals surface area contributed by atoms with Crippen molar-refractivity contribution < 1.29 is 14.9 Å². The number of phenolic OH excluding ortho intramolecular Hbond substituents is 2. The molecule has 0 bridgehead atoms. The van der Waals surface area contributed by atoms with Gasteiger partial charge in [-0.3, -0.25) is 0 Å².